The normalized spacial score (nSPS) is 16.9. The van der Waals surface area contributed by atoms with E-state index in [9.17, 15) is 9.18 Å². The number of hydrogen-bond acceptors (Lipinski definition) is 3. The molecule has 152 valence electrons. The first-order chi connectivity index (χ1) is 14.2. The Morgan fingerprint density at radius 2 is 2.00 bits per heavy atom. The first-order valence-electron chi connectivity index (χ1n) is 10.4. The van der Waals surface area contributed by atoms with Crippen molar-refractivity contribution in [1.29, 1.82) is 0 Å². The first kappa shape index (κ1) is 19.4. The van der Waals surface area contributed by atoms with Crippen LogP contribution in [0.1, 0.15) is 32.6 Å². The van der Waals surface area contributed by atoms with Crippen LogP contribution in [0.15, 0.2) is 48.5 Å². The Kier molecular flexibility index (Phi) is 5.79. The van der Waals surface area contributed by atoms with Gasteiger partial charge in [-0.05, 0) is 55.7 Å². The van der Waals surface area contributed by atoms with Gasteiger partial charge in [0.1, 0.15) is 5.82 Å². The quantitative estimate of drug-likeness (QED) is 0.651. The van der Waals surface area contributed by atoms with Crippen molar-refractivity contribution >= 4 is 28.6 Å². The molecule has 0 saturated carbocycles. The number of amides is 1. The van der Waals surface area contributed by atoms with Gasteiger partial charge < -0.3 is 14.8 Å². The van der Waals surface area contributed by atoms with Crippen LogP contribution in [0.3, 0.4) is 0 Å². The van der Waals surface area contributed by atoms with E-state index in [1.54, 1.807) is 12.1 Å². The van der Waals surface area contributed by atoms with Crippen LogP contribution < -0.4 is 10.2 Å². The summed E-state index contributed by atoms with van der Waals surface area (Å²) in [5, 5.41) is 2.93. The molecule has 4 rings (SSSR count). The highest BCUT2D eigenvalue weighted by Gasteiger charge is 2.28. The molecule has 0 spiro atoms. The van der Waals surface area contributed by atoms with Gasteiger partial charge in [0, 0.05) is 25.3 Å². The molecule has 3 aromatic rings. The van der Waals surface area contributed by atoms with Crippen molar-refractivity contribution in [3.8, 4) is 0 Å². The summed E-state index contributed by atoms with van der Waals surface area (Å²) in [6.45, 7) is 4.66. The number of piperidine rings is 1. The zero-order chi connectivity index (χ0) is 20.2. The van der Waals surface area contributed by atoms with E-state index in [1.165, 1.54) is 12.1 Å². The number of imidazole rings is 1. The summed E-state index contributed by atoms with van der Waals surface area (Å²) in [6, 6.07) is 14.1. The number of benzene rings is 2. The Balaban J connectivity index is 1.53. The number of rotatable bonds is 6. The van der Waals surface area contributed by atoms with Crippen molar-refractivity contribution in [2.75, 3.05) is 23.3 Å². The molecule has 1 aromatic heterocycles. The highest BCUT2D eigenvalue weighted by molar-refractivity contribution is 5.93. The highest BCUT2D eigenvalue weighted by Crippen LogP contribution is 2.28. The third kappa shape index (κ3) is 4.26. The smallest absolute Gasteiger partial charge is 0.229 e. The van der Waals surface area contributed by atoms with Gasteiger partial charge in [0.15, 0.2) is 0 Å². The first-order valence-corrected chi connectivity index (χ1v) is 10.4. The summed E-state index contributed by atoms with van der Waals surface area (Å²) in [5.41, 5.74) is 2.77. The second-order valence-corrected chi connectivity index (χ2v) is 7.69. The van der Waals surface area contributed by atoms with Crippen LogP contribution >= 0.6 is 0 Å². The fourth-order valence-corrected chi connectivity index (χ4v) is 3.99. The van der Waals surface area contributed by atoms with Gasteiger partial charge in [-0.25, -0.2) is 9.37 Å². The number of anilines is 2. The lowest BCUT2D eigenvalue weighted by molar-refractivity contribution is -0.120. The molecule has 29 heavy (non-hydrogen) atoms. The fourth-order valence-electron chi connectivity index (χ4n) is 3.99. The standard InChI is InChI=1S/C23H27FN4O/c1-2-3-15-28-21-9-5-4-8-20(21)26-23(28)27-14-6-7-17(16-27)22(29)25-19-12-10-18(24)11-13-19/h4-5,8-13,17H,2-3,6-7,14-16H2,1H3,(H,25,29). The van der Waals surface area contributed by atoms with Crippen LogP contribution in [0.5, 0.6) is 0 Å². The minimum Gasteiger partial charge on any atom is -0.341 e. The van der Waals surface area contributed by atoms with Crippen molar-refractivity contribution < 1.29 is 9.18 Å². The van der Waals surface area contributed by atoms with E-state index in [2.05, 4.69) is 27.8 Å². The molecule has 2 aromatic carbocycles. The summed E-state index contributed by atoms with van der Waals surface area (Å²) in [4.78, 5) is 19.9. The average molecular weight is 394 g/mol. The van der Waals surface area contributed by atoms with E-state index in [1.807, 2.05) is 18.2 Å². The Hall–Kier alpha value is -2.89. The molecule has 1 aliphatic rings. The lowest BCUT2D eigenvalue weighted by Crippen LogP contribution is -2.42. The SMILES string of the molecule is CCCCn1c(N2CCCC(C(=O)Nc3ccc(F)cc3)C2)nc2ccccc21. The summed E-state index contributed by atoms with van der Waals surface area (Å²) in [6.07, 6.45) is 4.00. The number of halogens is 1. The number of aromatic nitrogens is 2. The van der Waals surface area contributed by atoms with Crippen molar-refractivity contribution in [2.24, 2.45) is 5.92 Å². The number of aryl methyl sites for hydroxylation is 1. The predicted molar refractivity (Wildman–Crippen MR) is 115 cm³/mol. The van der Waals surface area contributed by atoms with Crippen molar-refractivity contribution in [1.82, 2.24) is 9.55 Å². The minimum absolute atomic E-state index is 0.0162. The number of para-hydroxylation sites is 2. The van der Waals surface area contributed by atoms with E-state index in [0.717, 1.165) is 55.8 Å². The molecule has 0 aliphatic carbocycles. The molecule has 0 bridgehead atoms. The third-order valence-electron chi connectivity index (χ3n) is 5.56. The van der Waals surface area contributed by atoms with E-state index >= 15 is 0 Å². The van der Waals surface area contributed by atoms with Crippen molar-refractivity contribution in [3.63, 3.8) is 0 Å². The zero-order valence-corrected chi connectivity index (χ0v) is 16.8. The van der Waals surface area contributed by atoms with E-state index < -0.39 is 0 Å². The predicted octanol–water partition coefficient (Wildman–Crippen LogP) is 4.83. The van der Waals surface area contributed by atoms with Gasteiger partial charge in [0.25, 0.3) is 0 Å². The monoisotopic (exact) mass is 394 g/mol. The molecule has 1 N–H and O–H groups in total. The van der Waals surface area contributed by atoms with Gasteiger partial charge >= 0.3 is 0 Å². The van der Waals surface area contributed by atoms with Crippen LogP contribution in [0.2, 0.25) is 0 Å². The number of nitrogens with zero attached hydrogens (tertiary/aromatic N) is 3. The second kappa shape index (κ2) is 8.64. The lowest BCUT2D eigenvalue weighted by Gasteiger charge is -2.33. The van der Waals surface area contributed by atoms with Crippen LogP contribution in [0, 0.1) is 11.7 Å². The molecule has 0 radical (unpaired) electrons. The maximum atomic E-state index is 13.1. The van der Waals surface area contributed by atoms with Crippen LogP contribution in [0.25, 0.3) is 11.0 Å². The average Bonchev–Trinajstić information content (AvgIpc) is 3.12. The van der Waals surface area contributed by atoms with E-state index in [4.69, 9.17) is 4.98 Å². The van der Waals surface area contributed by atoms with Gasteiger partial charge in [-0.1, -0.05) is 25.5 Å². The van der Waals surface area contributed by atoms with Crippen LogP contribution in [0.4, 0.5) is 16.0 Å². The van der Waals surface area contributed by atoms with E-state index in [-0.39, 0.29) is 17.6 Å². The van der Waals surface area contributed by atoms with Crippen molar-refractivity contribution in [2.45, 2.75) is 39.2 Å². The van der Waals surface area contributed by atoms with Crippen molar-refractivity contribution in [3.05, 3.63) is 54.3 Å². The Bertz CT molecular complexity index is 982. The topological polar surface area (TPSA) is 50.2 Å². The van der Waals surface area contributed by atoms with Gasteiger partial charge in [-0.15, -0.1) is 0 Å². The number of fused-ring (bicyclic) bond motifs is 1. The molecule has 5 nitrogen and oxygen atoms in total. The van der Waals surface area contributed by atoms with Gasteiger partial charge in [-0.3, -0.25) is 4.79 Å². The molecule has 1 amide bonds. The van der Waals surface area contributed by atoms with Gasteiger partial charge in [0.2, 0.25) is 11.9 Å². The number of carbonyl (C=O) groups is 1. The summed E-state index contributed by atoms with van der Waals surface area (Å²) in [5.74, 6) is 0.516. The largest absolute Gasteiger partial charge is 0.341 e. The number of hydrogen-bond donors (Lipinski definition) is 1. The molecule has 1 unspecified atom stereocenters. The van der Waals surface area contributed by atoms with Gasteiger partial charge in [-0.2, -0.15) is 0 Å². The molecular formula is C23H27FN4O. The minimum atomic E-state index is -0.308. The second-order valence-electron chi connectivity index (χ2n) is 7.69. The zero-order valence-electron chi connectivity index (χ0n) is 16.8. The lowest BCUT2D eigenvalue weighted by atomic mass is 9.97. The van der Waals surface area contributed by atoms with Crippen LogP contribution in [-0.2, 0) is 11.3 Å². The molecule has 2 heterocycles. The number of nitrogens with one attached hydrogen (secondary N) is 1. The summed E-state index contributed by atoms with van der Waals surface area (Å²) < 4.78 is 15.4. The van der Waals surface area contributed by atoms with Gasteiger partial charge in [0.05, 0.1) is 17.0 Å². The van der Waals surface area contributed by atoms with E-state index in [0.29, 0.717) is 12.2 Å². The fraction of sp³-hybridized carbons (Fsp3) is 0.391. The molecule has 6 heteroatoms. The molecule has 1 fully saturated rings. The third-order valence-corrected chi connectivity index (χ3v) is 5.56. The highest BCUT2D eigenvalue weighted by atomic mass is 19.1. The number of carbonyl (C=O) groups excluding carboxylic acids is 1. The molecule has 1 atom stereocenters. The Labute approximate surface area is 170 Å². The maximum absolute atomic E-state index is 13.1. The molecule has 1 aliphatic heterocycles. The number of unbranched alkanes of at least 4 members (excludes halogenated alkanes) is 1. The molecular weight excluding hydrogens is 367 g/mol. The summed E-state index contributed by atoms with van der Waals surface area (Å²) in [7, 11) is 0. The maximum Gasteiger partial charge on any atom is 0.229 e. The molecule has 1 saturated heterocycles. The van der Waals surface area contributed by atoms with Crippen LogP contribution in [-0.4, -0.2) is 28.5 Å². The Morgan fingerprint density at radius 3 is 2.79 bits per heavy atom. The summed E-state index contributed by atoms with van der Waals surface area (Å²) >= 11 is 0. The Morgan fingerprint density at radius 1 is 1.21 bits per heavy atom.